The molecule has 3 aromatic rings. The van der Waals surface area contributed by atoms with Crippen molar-refractivity contribution in [3.8, 4) is 11.4 Å². The summed E-state index contributed by atoms with van der Waals surface area (Å²) < 4.78 is 14.0. The summed E-state index contributed by atoms with van der Waals surface area (Å²) in [5.41, 5.74) is 1.71. The van der Waals surface area contributed by atoms with E-state index in [9.17, 15) is 9.18 Å². The van der Waals surface area contributed by atoms with E-state index in [1.807, 2.05) is 0 Å². The number of aromatic amines is 1. The first kappa shape index (κ1) is 12.3. The van der Waals surface area contributed by atoms with E-state index in [2.05, 4.69) is 15.0 Å². The number of H-pyrrole nitrogens is 1. The Labute approximate surface area is 113 Å². The Bertz CT molecular complexity index is 826. The Morgan fingerprint density at radius 2 is 2.20 bits per heavy atom. The van der Waals surface area contributed by atoms with E-state index in [4.69, 9.17) is 5.11 Å². The highest BCUT2D eigenvalue weighted by molar-refractivity contribution is 5.91. The number of fused-ring (bicyclic) bond motifs is 1. The first-order chi connectivity index (χ1) is 9.56. The van der Waals surface area contributed by atoms with E-state index >= 15 is 0 Å². The Hall–Kier alpha value is -2.76. The van der Waals surface area contributed by atoms with Crippen LogP contribution < -0.4 is 0 Å². The summed E-state index contributed by atoms with van der Waals surface area (Å²) >= 11 is 0. The molecule has 5 nitrogen and oxygen atoms in total. The van der Waals surface area contributed by atoms with Gasteiger partial charge in [0, 0.05) is 6.20 Å². The van der Waals surface area contributed by atoms with Gasteiger partial charge in [0.2, 0.25) is 0 Å². The van der Waals surface area contributed by atoms with Gasteiger partial charge in [-0.1, -0.05) is 12.1 Å². The molecular formula is C14H10FN3O2. The molecule has 0 aliphatic heterocycles. The van der Waals surface area contributed by atoms with Crippen molar-refractivity contribution in [1.29, 1.82) is 0 Å². The van der Waals surface area contributed by atoms with E-state index in [1.165, 1.54) is 12.3 Å². The zero-order valence-electron chi connectivity index (χ0n) is 10.5. The van der Waals surface area contributed by atoms with Crippen molar-refractivity contribution >= 4 is 17.1 Å². The first-order valence-electron chi connectivity index (χ1n) is 5.91. The number of pyridine rings is 1. The molecule has 2 heterocycles. The van der Waals surface area contributed by atoms with Gasteiger partial charge in [0.15, 0.2) is 5.65 Å². The van der Waals surface area contributed by atoms with Crippen molar-refractivity contribution < 1.29 is 14.3 Å². The van der Waals surface area contributed by atoms with Gasteiger partial charge in [-0.05, 0) is 24.6 Å². The molecule has 0 saturated heterocycles. The van der Waals surface area contributed by atoms with E-state index in [1.54, 1.807) is 25.1 Å². The van der Waals surface area contributed by atoms with Gasteiger partial charge in [-0.25, -0.2) is 19.2 Å². The molecule has 0 aliphatic rings. The number of aromatic carboxylic acids is 1. The topological polar surface area (TPSA) is 78.9 Å². The minimum atomic E-state index is -1.07. The summed E-state index contributed by atoms with van der Waals surface area (Å²) in [4.78, 5) is 21.9. The summed E-state index contributed by atoms with van der Waals surface area (Å²) in [6.07, 6.45) is 1.22. The maximum Gasteiger partial charge on any atom is 0.337 e. The van der Waals surface area contributed by atoms with Crippen LogP contribution in [0.1, 0.15) is 15.9 Å². The highest BCUT2D eigenvalue weighted by Gasteiger charge is 2.13. The zero-order chi connectivity index (χ0) is 14.3. The van der Waals surface area contributed by atoms with Gasteiger partial charge >= 0.3 is 5.97 Å². The molecule has 0 saturated carbocycles. The maximum atomic E-state index is 14.0. The number of aryl methyl sites for hydroxylation is 1. The summed E-state index contributed by atoms with van der Waals surface area (Å²) in [7, 11) is 0. The Morgan fingerprint density at radius 3 is 2.95 bits per heavy atom. The van der Waals surface area contributed by atoms with Crippen LogP contribution in [0.2, 0.25) is 0 Å². The quantitative estimate of drug-likeness (QED) is 0.751. The lowest BCUT2D eigenvalue weighted by Gasteiger charge is -2.01. The molecule has 2 aromatic heterocycles. The average molecular weight is 271 g/mol. The van der Waals surface area contributed by atoms with Crippen molar-refractivity contribution in [2.75, 3.05) is 0 Å². The maximum absolute atomic E-state index is 14.0. The normalized spacial score (nSPS) is 10.9. The van der Waals surface area contributed by atoms with E-state index in [-0.39, 0.29) is 11.4 Å². The second-order valence-corrected chi connectivity index (χ2v) is 4.42. The highest BCUT2D eigenvalue weighted by atomic mass is 19.1. The van der Waals surface area contributed by atoms with Crippen LogP contribution >= 0.6 is 0 Å². The second kappa shape index (κ2) is 4.41. The van der Waals surface area contributed by atoms with Crippen molar-refractivity contribution in [2.45, 2.75) is 6.92 Å². The van der Waals surface area contributed by atoms with Crippen LogP contribution in [0.25, 0.3) is 22.6 Å². The molecule has 0 amide bonds. The minimum absolute atomic E-state index is 0.0532. The summed E-state index contributed by atoms with van der Waals surface area (Å²) in [5, 5.41) is 8.91. The number of nitrogens with one attached hydrogen (secondary N) is 1. The monoisotopic (exact) mass is 271 g/mol. The molecule has 0 spiro atoms. The molecule has 0 radical (unpaired) electrons. The fourth-order valence-electron chi connectivity index (χ4n) is 1.97. The van der Waals surface area contributed by atoms with Crippen molar-refractivity contribution in [3.63, 3.8) is 0 Å². The average Bonchev–Trinajstić information content (AvgIpc) is 2.84. The molecule has 0 aliphatic carbocycles. The summed E-state index contributed by atoms with van der Waals surface area (Å²) in [6, 6.07) is 6.44. The molecule has 0 unspecified atom stereocenters. The number of benzene rings is 1. The van der Waals surface area contributed by atoms with Crippen LogP contribution in [0.15, 0.2) is 30.5 Å². The Balaban J connectivity index is 2.18. The van der Waals surface area contributed by atoms with Crippen LogP contribution in [0, 0.1) is 12.7 Å². The van der Waals surface area contributed by atoms with Gasteiger partial charge in [0.05, 0.1) is 16.6 Å². The van der Waals surface area contributed by atoms with Gasteiger partial charge in [-0.2, -0.15) is 0 Å². The van der Waals surface area contributed by atoms with E-state index in [0.717, 1.165) is 0 Å². The molecule has 0 bridgehead atoms. The van der Waals surface area contributed by atoms with Crippen molar-refractivity contribution in [1.82, 2.24) is 15.0 Å². The molecule has 3 rings (SSSR count). The van der Waals surface area contributed by atoms with Crippen LogP contribution in [-0.4, -0.2) is 26.0 Å². The van der Waals surface area contributed by atoms with E-state index < -0.39 is 5.97 Å². The Kier molecular flexibility index (Phi) is 2.71. The lowest BCUT2D eigenvalue weighted by molar-refractivity contribution is 0.0696. The van der Waals surface area contributed by atoms with Crippen LogP contribution in [-0.2, 0) is 0 Å². The predicted octanol–water partition coefficient (Wildman–Crippen LogP) is 2.77. The largest absolute Gasteiger partial charge is 0.478 e. The van der Waals surface area contributed by atoms with Crippen LogP contribution in [0.4, 0.5) is 4.39 Å². The fourth-order valence-corrected chi connectivity index (χ4v) is 1.97. The molecule has 100 valence electrons. The molecule has 0 atom stereocenters. The summed E-state index contributed by atoms with van der Waals surface area (Å²) in [6.45, 7) is 1.67. The van der Waals surface area contributed by atoms with Gasteiger partial charge in [0.25, 0.3) is 0 Å². The number of carboxylic acids is 1. The number of carbonyl (C=O) groups is 1. The smallest absolute Gasteiger partial charge is 0.337 e. The third-order valence-corrected chi connectivity index (χ3v) is 3.03. The number of rotatable bonds is 2. The number of carboxylic acid groups (broad SMARTS) is 1. The third-order valence-electron chi connectivity index (χ3n) is 3.03. The van der Waals surface area contributed by atoms with Crippen molar-refractivity contribution in [2.24, 2.45) is 0 Å². The third kappa shape index (κ3) is 1.91. The molecule has 2 N–H and O–H groups in total. The van der Waals surface area contributed by atoms with Crippen LogP contribution in [0.5, 0.6) is 0 Å². The summed E-state index contributed by atoms with van der Waals surface area (Å²) in [5.74, 6) is -1.10. The predicted molar refractivity (Wildman–Crippen MR) is 71.0 cm³/mol. The van der Waals surface area contributed by atoms with Crippen LogP contribution in [0.3, 0.4) is 0 Å². The van der Waals surface area contributed by atoms with Crippen molar-refractivity contribution in [3.05, 3.63) is 47.4 Å². The van der Waals surface area contributed by atoms with Gasteiger partial charge in [0.1, 0.15) is 11.6 Å². The highest BCUT2D eigenvalue weighted by Crippen LogP contribution is 2.24. The lowest BCUT2D eigenvalue weighted by Crippen LogP contribution is -1.96. The van der Waals surface area contributed by atoms with Gasteiger partial charge in [-0.15, -0.1) is 0 Å². The Morgan fingerprint density at radius 1 is 1.40 bits per heavy atom. The SMILES string of the molecule is Cc1cccc(-c2nc3ncc(C(=O)O)cc3[nH]2)c1F. The van der Waals surface area contributed by atoms with E-state index in [0.29, 0.717) is 28.1 Å². The lowest BCUT2D eigenvalue weighted by atomic mass is 10.1. The standard InChI is InChI=1S/C14H10FN3O2/c1-7-3-2-4-9(11(7)15)12-17-10-5-8(14(19)20)6-16-13(10)18-12/h2-6H,1H3,(H,19,20)(H,16,17,18). The second-order valence-electron chi connectivity index (χ2n) is 4.42. The zero-order valence-corrected chi connectivity index (χ0v) is 10.5. The number of hydrogen-bond donors (Lipinski definition) is 2. The molecular weight excluding hydrogens is 261 g/mol. The molecule has 6 heteroatoms. The molecule has 1 aromatic carbocycles. The van der Waals surface area contributed by atoms with Gasteiger partial charge < -0.3 is 10.1 Å². The number of hydrogen-bond acceptors (Lipinski definition) is 3. The fraction of sp³-hybridized carbons (Fsp3) is 0.0714. The molecule has 20 heavy (non-hydrogen) atoms. The minimum Gasteiger partial charge on any atom is -0.478 e. The number of halogens is 1. The molecule has 0 fully saturated rings. The number of imidazole rings is 1. The number of nitrogens with zero attached hydrogens (tertiary/aromatic N) is 2. The van der Waals surface area contributed by atoms with Gasteiger partial charge in [-0.3, -0.25) is 0 Å². The number of aromatic nitrogens is 3. The first-order valence-corrected chi connectivity index (χ1v) is 5.91.